The molecular weight excluding hydrogens is 253 g/mol. The lowest BCUT2D eigenvalue weighted by molar-refractivity contribution is -0.138. The topological polar surface area (TPSA) is 40.5 Å². The molecule has 0 aliphatic rings. The molecule has 0 aliphatic heterocycles. The maximum absolute atomic E-state index is 12.5. The second kappa shape index (κ2) is 5.29. The highest BCUT2D eigenvalue weighted by Gasteiger charge is 2.32. The fraction of sp³-hybridized carbons (Fsp3) is 0.455. The first-order chi connectivity index (χ1) is 7.77. The first kappa shape index (κ1) is 14.3. The summed E-state index contributed by atoms with van der Waals surface area (Å²) in [6.07, 6.45) is -6.74. The van der Waals surface area contributed by atoms with Gasteiger partial charge in [-0.3, -0.25) is 0 Å². The van der Waals surface area contributed by atoms with E-state index >= 15 is 0 Å². The molecule has 1 rings (SSSR count). The Morgan fingerprint density at radius 1 is 1.29 bits per heavy atom. The zero-order valence-corrected chi connectivity index (χ0v) is 9.96. The van der Waals surface area contributed by atoms with Gasteiger partial charge in [0.25, 0.3) is 0 Å². The number of halogens is 3. The number of hydrogen-bond donors (Lipinski definition) is 3. The monoisotopic (exact) mass is 266 g/mol. The molecule has 17 heavy (non-hydrogen) atoms. The van der Waals surface area contributed by atoms with Crippen LogP contribution in [0.3, 0.4) is 0 Å². The Hall–Kier alpha value is -0.720. The first-order valence-corrected chi connectivity index (χ1v) is 5.55. The summed E-state index contributed by atoms with van der Waals surface area (Å²) < 4.78 is 37.4. The Labute approximate surface area is 102 Å². The molecule has 1 aromatic rings. The van der Waals surface area contributed by atoms with Gasteiger partial charge in [-0.05, 0) is 24.1 Å². The van der Waals surface area contributed by atoms with Crippen LogP contribution in [0.25, 0.3) is 0 Å². The number of alkyl halides is 3. The molecule has 0 radical (unpaired) electrons. The van der Waals surface area contributed by atoms with Crippen molar-refractivity contribution in [1.82, 2.24) is 0 Å². The minimum absolute atomic E-state index is 0.0143. The number of hydrogen-bond acceptors (Lipinski definition) is 3. The van der Waals surface area contributed by atoms with E-state index in [1.54, 1.807) is 0 Å². The summed E-state index contributed by atoms with van der Waals surface area (Å²) in [5.41, 5.74) is -0.480. The van der Waals surface area contributed by atoms with Crippen molar-refractivity contribution in [2.45, 2.75) is 25.3 Å². The second-order valence-corrected chi connectivity index (χ2v) is 4.13. The highest BCUT2D eigenvalue weighted by atomic mass is 32.1. The molecule has 0 amide bonds. The number of aliphatic hydroxyl groups excluding tert-OH is 2. The summed E-state index contributed by atoms with van der Waals surface area (Å²) in [6.45, 7) is 1.31. The first-order valence-electron chi connectivity index (χ1n) is 4.92. The molecule has 0 aliphatic carbocycles. The van der Waals surface area contributed by atoms with Crippen LogP contribution in [0.5, 0.6) is 0 Å². The number of aryl methyl sites for hydroxylation is 1. The molecule has 96 valence electrons. The average molecular weight is 266 g/mol. The van der Waals surface area contributed by atoms with E-state index in [1.165, 1.54) is 13.0 Å². The summed E-state index contributed by atoms with van der Waals surface area (Å²) in [5, 5.41) is 19.0. The summed E-state index contributed by atoms with van der Waals surface area (Å²) in [6, 6.07) is 3.28. The van der Waals surface area contributed by atoms with E-state index < -0.39 is 23.9 Å². The minimum atomic E-state index is -4.41. The predicted molar refractivity (Wildman–Crippen MR) is 61.0 cm³/mol. The summed E-state index contributed by atoms with van der Waals surface area (Å²) in [4.78, 5) is 0. The number of benzene rings is 1. The molecule has 6 heteroatoms. The molecule has 0 fully saturated rings. The lowest BCUT2D eigenvalue weighted by atomic mass is 9.99. The van der Waals surface area contributed by atoms with E-state index in [9.17, 15) is 23.4 Å². The van der Waals surface area contributed by atoms with Gasteiger partial charge in [0.1, 0.15) is 6.10 Å². The number of thiol groups is 1. The van der Waals surface area contributed by atoms with Crippen molar-refractivity contribution >= 4 is 12.6 Å². The number of aliphatic hydroxyl groups is 2. The van der Waals surface area contributed by atoms with Crippen molar-refractivity contribution in [2.24, 2.45) is 0 Å². The van der Waals surface area contributed by atoms with E-state index in [0.717, 1.165) is 12.1 Å². The largest absolute Gasteiger partial charge is 0.416 e. The van der Waals surface area contributed by atoms with Gasteiger partial charge in [0.15, 0.2) is 0 Å². The van der Waals surface area contributed by atoms with Crippen molar-refractivity contribution in [2.75, 3.05) is 5.75 Å². The molecule has 0 aromatic heterocycles. The van der Waals surface area contributed by atoms with E-state index in [1.807, 2.05) is 0 Å². The molecule has 0 spiro atoms. The van der Waals surface area contributed by atoms with Crippen LogP contribution in [-0.2, 0) is 6.18 Å². The maximum atomic E-state index is 12.5. The van der Waals surface area contributed by atoms with Crippen molar-refractivity contribution in [1.29, 1.82) is 0 Å². The van der Waals surface area contributed by atoms with Crippen LogP contribution < -0.4 is 0 Å². The van der Waals surface area contributed by atoms with Crippen molar-refractivity contribution in [3.05, 3.63) is 34.9 Å². The van der Waals surface area contributed by atoms with E-state index in [2.05, 4.69) is 12.6 Å². The van der Waals surface area contributed by atoms with Crippen LogP contribution >= 0.6 is 12.6 Å². The van der Waals surface area contributed by atoms with Crippen LogP contribution in [-0.4, -0.2) is 22.1 Å². The Balaban J connectivity index is 3.05. The summed E-state index contributed by atoms with van der Waals surface area (Å²) in [7, 11) is 0. The van der Waals surface area contributed by atoms with Crippen LogP contribution in [0.15, 0.2) is 18.2 Å². The van der Waals surface area contributed by atoms with Crippen LogP contribution in [0.4, 0.5) is 13.2 Å². The third kappa shape index (κ3) is 3.37. The van der Waals surface area contributed by atoms with Gasteiger partial charge in [0.2, 0.25) is 0 Å². The molecule has 1 aromatic carbocycles. The molecule has 0 heterocycles. The van der Waals surface area contributed by atoms with E-state index in [-0.39, 0.29) is 16.9 Å². The third-order valence-corrected chi connectivity index (χ3v) is 2.82. The molecule has 2 atom stereocenters. The van der Waals surface area contributed by atoms with E-state index in [0.29, 0.717) is 0 Å². The third-order valence-electron chi connectivity index (χ3n) is 2.45. The van der Waals surface area contributed by atoms with E-state index in [4.69, 9.17) is 0 Å². The second-order valence-electron chi connectivity index (χ2n) is 3.77. The zero-order chi connectivity index (χ0) is 13.2. The quantitative estimate of drug-likeness (QED) is 0.735. The predicted octanol–water partition coefficient (Wildman–Crippen LogP) is 2.34. The molecule has 2 unspecified atom stereocenters. The zero-order valence-electron chi connectivity index (χ0n) is 9.07. The normalized spacial score (nSPS) is 15.7. The molecular formula is C11H13F3O2S. The van der Waals surface area contributed by atoms with Gasteiger partial charge in [0.05, 0.1) is 11.7 Å². The maximum Gasteiger partial charge on any atom is 0.416 e. The van der Waals surface area contributed by atoms with Crippen molar-refractivity contribution < 1.29 is 23.4 Å². The van der Waals surface area contributed by atoms with Gasteiger partial charge in [-0.25, -0.2) is 0 Å². The van der Waals surface area contributed by atoms with Crippen LogP contribution in [0.2, 0.25) is 0 Å². The SMILES string of the molecule is Cc1cc(C(O)C(O)CS)ccc1C(F)(F)F. The average Bonchev–Trinajstić information content (AvgIpc) is 2.25. The highest BCUT2D eigenvalue weighted by molar-refractivity contribution is 7.80. The Kier molecular flexibility index (Phi) is 4.46. The fourth-order valence-corrected chi connectivity index (χ4v) is 1.71. The van der Waals surface area contributed by atoms with Gasteiger partial charge < -0.3 is 10.2 Å². The molecule has 0 saturated heterocycles. The molecule has 2 nitrogen and oxygen atoms in total. The lowest BCUT2D eigenvalue weighted by Gasteiger charge is -2.18. The Bertz CT molecular complexity index is 393. The molecule has 0 saturated carbocycles. The highest BCUT2D eigenvalue weighted by Crippen LogP contribution is 2.33. The van der Waals surface area contributed by atoms with Crippen LogP contribution in [0.1, 0.15) is 22.8 Å². The van der Waals surface area contributed by atoms with Gasteiger partial charge in [-0.2, -0.15) is 25.8 Å². The van der Waals surface area contributed by atoms with Gasteiger partial charge in [-0.1, -0.05) is 12.1 Å². The molecule has 0 bridgehead atoms. The van der Waals surface area contributed by atoms with Crippen molar-refractivity contribution in [3.8, 4) is 0 Å². The Morgan fingerprint density at radius 3 is 2.29 bits per heavy atom. The van der Waals surface area contributed by atoms with Crippen molar-refractivity contribution in [3.63, 3.8) is 0 Å². The lowest BCUT2D eigenvalue weighted by Crippen LogP contribution is -2.20. The van der Waals surface area contributed by atoms with Gasteiger partial charge in [0, 0.05) is 5.75 Å². The number of rotatable bonds is 3. The minimum Gasteiger partial charge on any atom is -0.389 e. The van der Waals surface area contributed by atoms with Gasteiger partial charge in [-0.15, -0.1) is 0 Å². The molecule has 2 N–H and O–H groups in total. The standard InChI is InChI=1S/C11H13F3O2S/c1-6-4-7(10(16)9(15)5-17)2-3-8(6)11(12,13)14/h2-4,9-10,15-17H,5H2,1H3. The summed E-state index contributed by atoms with van der Waals surface area (Å²) >= 11 is 3.81. The Morgan fingerprint density at radius 2 is 1.88 bits per heavy atom. The summed E-state index contributed by atoms with van der Waals surface area (Å²) in [5.74, 6) is 0.0290. The van der Waals surface area contributed by atoms with Crippen LogP contribution in [0, 0.1) is 6.92 Å². The van der Waals surface area contributed by atoms with Gasteiger partial charge >= 0.3 is 6.18 Å². The fourth-order valence-electron chi connectivity index (χ4n) is 1.51. The smallest absolute Gasteiger partial charge is 0.389 e.